The molecule has 3 aromatic rings. The van der Waals surface area contributed by atoms with Gasteiger partial charge in [-0.25, -0.2) is 9.78 Å². The summed E-state index contributed by atoms with van der Waals surface area (Å²) in [4.78, 5) is 36.3. The monoisotopic (exact) mass is 587 g/mol. The van der Waals surface area contributed by atoms with E-state index >= 15 is 0 Å². The van der Waals surface area contributed by atoms with Gasteiger partial charge in [0.1, 0.15) is 17.3 Å². The molecule has 2 saturated heterocycles. The van der Waals surface area contributed by atoms with Crippen LogP contribution in [-0.4, -0.2) is 89.1 Å². The lowest BCUT2D eigenvalue weighted by Gasteiger charge is -2.42. The summed E-state index contributed by atoms with van der Waals surface area (Å²) in [6.07, 6.45) is 3.84. The maximum Gasteiger partial charge on any atom is 0.323 e. The van der Waals surface area contributed by atoms with Gasteiger partial charge in [0.05, 0.1) is 6.42 Å². The van der Waals surface area contributed by atoms with Crippen molar-refractivity contribution in [2.75, 3.05) is 56.9 Å². The number of amides is 3. The molecule has 3 N–H and O–H groups in total. The van der Waals surface area contributed by atoms with E-state index in [2.05, 4.69) is 37.8 Å². The Morgan fingerprint density at radius 3 is 2.33 bits per heavy atom. The number of piperazine rings is 1. The van der Waals surface area contributed by atoms with Crippen LogP contribution in [0.3, 0.4) is 0 Å². The topological polar surface area (TPSA) is 102 Å². The van der Waals surface area contributed by atoms with Crippen LogP contribution in [0.25, 0.3) is 0 Å². The first-order valence-corrected chi connectivity index (χ1v) is 14.7. The van der Waals surface area contributed by atoms with Crippen LogP contribution in [0.5, 0.6) is 11.5 Å². The van der Waals surface area contributed by atoms with Crippen molar-refractivity contribution in [3.63, 3.8) is 0 Å². The molecular formula is C31H37N7O3S. The highest BCUT2D eigenvalue weighted by Crippen LogP contribution is 2.25. The summed E-state index contributed by atoms with van der Waals surface area (Å²) in [5.74, 6) is 1.41. The highest BCUT2D eigenvalue weighted by Gasteiger charge is 2.28. The van der Waals surface area contributed by atoms with Crippen molar-refractivity contribution in [2.45, 2.75) is 25.3 Å². The SMILES string of the molecule is CN1CCN(C2CCN(C(=O)Nc3cc(Oc4ccc(NC(=S)NC(=O)Cc5ccccc5)cc4)ccn3)CC2)CC1. The van der Waals surface area contributed by atoms with Gasteiger partial charge in [0.25, 0.3) is 0 Å². The quantitative estimate of drug-likeness (QED) is 0.354. The zero-order valence-corrected chi connectivity index (χ0v) is 24.6. The molecule has 1 aromatic heterocycles. The normalized spacial score (nSPS) is 16.5. The minimum absolute atomic E-state index is 0.140. The van der Waals surface area contributed by atoms with Gasteiger partial charge in [-0.1, -0.05) is 30.3 Å². The fraction of sp³-hybridized carbons (Fsp3) is 0.355. The van der Waals surface area contributed by atoms with Gasteiger partial charge in [-0.3, -0.25) is 15.0 Å². The second-order valence-corrected chi connectivity index (χ2v) is 11.1. The van der Waals surface area contributed by atoms with E-state index in [9.17, 15) is 9.59 Å². The molecule has 2 aliphatic rings. The zero-order chi connectivity index (χ0) is 29.3. The van der Waals surface area contributed by atoms with Crippen molar-refractivity contribution < 1.29 is 14.3 Å². The van der Waals surface area contributed by atoms with Crippen LogP contribution in [0.2, 0.25) is 0 Å². The highest BCUT2D eigenvalue weighted by atomic mass is 32.1. The number of piperidine rings is 1. The fourth-order valence-electron chi connectivity index (χ4n) is 5.21. The third-order valence-corrected chi connectivity index (χ3v) is 7.78. The molecule has 0 spiro atoms. The molecule has 220 valence electrons. The van der Waals surface area contributed by atoms with Crippen LogP contribution >= 0.6 is 12.2 Å². The van der Waals surface area contributed by atoms with Gasteiger partial charge in [-0.15, -0.1) is 0 Å². The second-order valence-electron chi connectivity index (χ2n) is 10.7. The molecule has 0 bridgehead atoms. The lowest BCUT2D eigenvalue weighted by atomic mass is 10.0. The van der Waals surface area contributed by atoms with Crippen molar-refractivity contribution in [3.8, 4) is 11.5 Å². The first kappa shape index (κ1) is 29.4. The molecule has 2 aromatic carbocycles. The minimum Gasteiger partial charge on any atom is -0.457 e. The predicted octanol–water partition coefficient (Wildman–Crippen LogP) is 4.17. The average Bonchev–Trinajstić information content (AvgIpc) is 2.99. The van der Waals surface area contributed by atoms with Gasteiger partial charge in [0.15, 0.2) is 5.11 Å². The molecule has 0 aliphatic carbocycles. The standard InChI is InChI=1S/C31H37N7O3S/c1-36-17-19-37(20-18-36)25-12-15-38(16-13-25)31(40)34-28-22-27(11-14-32-28)41-26-9-7-24(8-10-26)33-30(42)35-29(39)21-23-5-3-2-4-6-23/h2-11,14,22,25H,12-13,15-21H2,1H3,(H,32,34,40)(H2,33,35,39,42). The number of hydrogen-bond acceptors (Lipinski definition) is 7. The summed E-state index contributed by atoms with van der Waals surface area (Å²) < 4.78 is 5.98. The Kier molecular flexibility index (Phi) is 9.96. The number of likely N-dealkylation sites (tertiary alicyclic amines) is 1. The van der Waals surface area contributed by atoms with Crippen LogP contribution in [-0.2, 0) is 11.2 Å². The number of likely N-dealkylation sites (N-methyl/N-ethyl adjacent to an activating group) is 1. The Hall–Kier alpha value is -4.06. The van der Waals surface area contributed by atoms with Crippen molar-refractivity contribution in [2.24, 2.45) is 0 Å². The largest absolute Gasteiger partial charge is 0.457 e. The fourth-order valence-corrected chi connectivity index (χ4v) is 5.44. The van der Waals surface area contributed by atoms with E-state index in [1.54, 1.807) is 42.6 Å². The van der Waals surface area contributed by atoms with Gasteiger partial charge in [-0.2, -0.15) is 0 Å². The lowest BCUT2D eigenvalue weighted by Crippen LogP contribution is -2.53. The van der Waals surface area contributed by atoms with Crippen LogP contribution < -0.4 is 20.7 Å². The number of aromatic nitrogens is 1. The molecular weight excluding hydrogens is 550 g/mol. The molecule has 42 heavy (non-hydrogen) atoms. The Morgan fingerprint density at radius 2 is 1.62 bits per heavy atom. The molecule has 2 aliphatic heterocycles. The van der Waals surface area contributed by atoms with Gasteiger partial charge in [0, 0.05) is 63.3 Å². The summed E-state index contributed by atoms with van der Waals surface area (Å²) in [6, 6.07) is 20.5. The van der Waals surface area contributed by atoms with E-state index < -0.39 is 0 Å². The van der Waals surface area contributed by atoms with Gasteiger partial charge >= 0.3 is 6.03 Å². The number of carbonyl (C=O) groups is 2. The Labute approximate surface area is 252 Å². The third kappa shape index (κ3) is 8.48. The first-order chi connectivity index (χ1) is 20.4. The number of ether oxygens (including phenoxy) is 1. The molecule has 2 fully saturated rings. The van der Waals surface area contributed by atoms with Crippen molar-refractivity contribution in [3.05, 3.63) is 78.5 Å². The van der Waals surface area contributed by atoms with E-state index in [4.69, 9.17) is 17.0 Å². The number of urea groups is 1. The number of carbonyl (C=O) groups excluding carboxylic acids is 2. The molecule has 0 unspecified atom stereocenters. The summed E-state index contributed by atoms with van der Waals surface area (Å²) in [5.41, 5.74) is 1.63. The van der Waals surface area contributed by atoms with E-state index in [1.165, 1.54) is 0 Å². The maximum absolute atomic E-state index is 12.9. The van der Waals surface area contributed by atoms with E-state index in [-0.39, 0.29) is 23.5 Å². The summed E-state index contributed by atoms with van der Waals surface area (Å²) in [5, 5.41) is 8.85. The van der Waals surface area contributed by atoms with E-state index in [0.29, 0.717) is 29.0 Å². The van der Waals surface area contributed by atoms with Crippen molar-refractivity contribution in [1.29, 1.82) is 0 Å². The molecule has 10 nitrogen and oxygen atoms in total. The van der Waals surface area contributed by atoms with Crippen LogP contribution in [0.4, 0.5) is 16.3 Å². The third-order valence-electron chi connectivity index (χ3n) is 7.58. The molecule has 3 heterocycles. The Morgan fingerprint density at radius 1 is 0.905 bits per heavy atom. The molecule has 5 rings (SSSR count). The minimum atomic E-state index is -0.186. The number of nitrogens with zero attached hydrogens (tertiary/aromatic N) is 4. The Bertz CT molecular complexity index is 1360. The zero-order valence-electron chi connectivity index (χ0n) is 23.8. The van der Waals surface area contributed by atoms with Gasteiger partial charge < -0.3 is 25.2 Å². The second kappa shape index (κ2) is 14.2. The van der Waals surface area contributed by atoms with Crippen molar-refractivity contribution in [1.82, 2.24) is 25.0 Å². The van der Waals surface area contributed by atoms with Gasteiger partial charge in [-0.05, 0) is 68.0 Å². The van der Waals surface area contributed by atoms with E-state index in [1.807, 2.05) is 35.2 Å². The number of benzene rings is 2. The summed E-state index contributed by atoms with van der Waals surface area (Å²) in [6.45, 7) is 5.89. The van der Waals surface area contributed by atoms with Gasteiger partial charge in [0.2, 0.25) is 5.91 Å². The number of thiocarbonyl (C=S) groups is 1. The predicted molar refractivity (Wildman–Crippen MR) is 168 cm³/mol. The molecule has 11 heteroatoms. The highest BCUT2D eigenvalue weighted by molar-refractivity contribution is 7.80. The lowest BCUT2D eigenvalue weighted by molar-refractivity contribution is -0.119. The maximum atomic E-state index is 12.9. The van der Waals surface area contributed by atoms with Crippen molar-refractivity contribution >= 4 is 40.8 Å². The number of pyridine rings is 1. The smallest absolute Gasteiger partial charge is 0.323 e. The number of anilines is 2. The average molecular weight is 588 g/mol. The van der Waals surface area contributed by atoms with Crippen LogP contribution in [0.1, 0.15) is 18.4 Å². The van der Waals surface area contributed by atoms with Crippen LogP contribution in [0.15, 0.2) is 72.9 Å². The molecule has 0 atom stereocenters. The Balaban J connectivity index is 1.06. The number of nitrogens with one attached hydrogen (secondary N) is 3. The molecule has 0 radical (unpaired) electrons. The summed E-state index contributed by atoms with van der Waals surface area (Å²) >= 11 is 5.28. The number of hydrogen-bond donors (Lipinski definition) is 3. The molecule has 3 amide bonds. The molecule has 0 saturated carbocycles. The van der Waals surface area contributed by atoms with Crippen LogP contribution in [0, 0.1) is 0 Å². The first-order valence-electron chi connectivity index (χ1n) is 14.3. The number of rotatable bonds is 7. The summed E-state index contributed by atoms with van der Waals surface area (Å²) in [7, 11) is 2.17. The van der Waals surface area contributed by atoms with E-state index in [0.717, 1.165) is 57.7 Å².